The summed E-state index contributed by atoms with van der Waals surface area (Å²) in [5.41, 5.74) is 0. The molecule has 0 aromatic heterocycles. The Bertz CT molecular complexity index is 302. The number of aliphatic carboxylic acids is 1. The van der Waals surface area contributed by atoms with Crippen LogP contribution in [-0.4, -0.2) is 23.1 Å². The van der Waals surface area contributed by atoms with E-state index in [-0.39, 0.29) is 18.5 Å². The van der Waals surface area contributed by atoms with Crippen LogP contribution >= 0.6 is 0 Å². The average Bonchev–Trinajstić information content (AvgIpc) is 2.51. The van der Waals surface area contributed by atoms with E-state index in [4.69, 9.17) is 9.84 Å². The maximum absolute atomic E-state index is 11.9. The van der Waals surface area contributed by atoms with Gasteiger partial charge in [-0.25, -0.2) is 0 Å². The van der Waals surface area contributed by atoms with Gasteiger partial charge >= 0.3 is 11.9 Å². The summed E-state index contributed by atoms with van der Waals surface area (Å²) in [7, 11) is 0. The molecule has 0 aliphatic carbocycles. The molecule has 136 valence electrons. The van der Waals surface area contributed by atoms with Gasteiger partial charge in [-0.1, -0.05) is 52.4 Å². The second-order valence-corrected chi connectivity index (χ2v) is 6.41. The van der Waals surface area contributed by atoms with Gasteiger partial charge in [0, 0.05) is 12.8 Å². The summed E-state index contributed by atoms with van der Waals surface area (Å²) in [6.07, 6.45) is 13.2. The molecule has 0 aliphatic rings. The van der Waals surface area contributed by atoms with Gasteiger partial charge in [-0.3, -0.25) is 9.59 Å². The monoisotopic (exact) mass is 328 g/mol. The topological polar surface area (TPSA) is 63.6 Å². The minimum absolute atomic E-state index is 0.0511. The van der Waals surface area contributed by atoms with Gasteiger partial charge in [0.15, 0.2) is 0 Å². The predicted molar refractivity (Wildman–Crippen MR) is 93.5 cm³/mol. The third-order valence-electron chi connectivity index (χ3n) is 4.08. The number of carbonyl (C=O) groups is 2. The van der Waals surface area contributed by atoms with Crippen molar-refractivity contribution in [2.24, 2.45) is 0 Å². The van der Waals surface area contributed by atoms with Crippen LogP contribution in [0.15, 0.2) is 0 Å². The highest BCUT2D eigenvalue weighted by molar-refractivity contribution is 5.70. The highest BCUT2D eigenvalue weighted by Crippen LogP contribution is 2.16. The third-order valence-corrected chi connectivity index (χ3v) is 4.08. The molecule has 4 nitrogen and oxygen atoms in total. The molecular weight excluding hydrogens is 292 g/mol. The fourth-order valence-corrected chi connectivity index (χ4v) is 2.65. The molecule has 0 radical (unpaired) electrons. The van der Waals surface area contributed by atoms with E-state index in [1.807, 2.05) is 0 Å². The number of carbonyl (C=O) groups excluding carboxylic acids is 1. The molecule has 23 heavy (non-hydrogen) atoms. The van der Waals surface area contributed by atoms with Gasteiger partial charge in [-0.15, -0.1) is 0 Å². The van der Waals surface area contributed by atoms with Crippen molar-refractivity contribution in [1.82, 2.24) is 0 Å². The zero-order valence-corrected chi connectivity index (χ0v) is 15.1. The molecule has 0 heterocycles. The van der Waals surface area contributed by atoms with Gasteiger partial charge in [0.1, 0.15) is 6.10 Å². The molecule has 0 fully saturated rings. The highest BCUT2D eigenvalue weighted by Gasteiger charge is 2.14. The summed E-state index contributed by atoms with van der Waals surface area (Å²) in [4.78, 5) is 22.3. The first-order chi connectivity index (χ1) is 11.1. The SMILES string of the molecule is CCCCCCCC(CCCCC)OC(=O)CCCCC(=O)O. The van der Waals surface area contributed by atoms with Gasteiger partial charge in [0.05, 0.1) is 0 Å². The Balaban J connectivity index is 3.96. The standard InChI is InChI=1S/C19H36O4/c1-3-5-7-8-10-14-17(13-9-6-4-2)23-19(22)16-12-11-15-18(20)21/h17H,3-16H2,1-2H3,(H,20,21). The highest BCUT2D eigenvalue weighted by atomic mass is 16.5. The Morgan fingerprint density at radius 3 is 1.91 bits per heavy atom. The van der Waals surface area contributed by atoms with Gasteiger partial charge in [0.2, 0.25) is 0 Å². The molecule has 0 aromatic rings. The summed E-state index contributed by atoms with van der Waals surface area (Å²) < 4.78 is 5.62. The molecule has 0 rings (SSSR count). The Kier molecular flexibility index (Phi) is 15.1. The Morgan fingerprint density at radius 1 is 0.783 bits per heavy atom. The van der Waals surface area contributed by atoms with E-state index < -0.39 is 5.97 Å². The minimum Gasteiger partial charge on any atom is -0.481 e. The van der Waals surface area contributed by atoms with Crippen molar-refractivity contribution < 1.29 is 19.4 Å². The molecule has 4 heteroatoms. The van der Waals surface area contributed by atoms with Crippen molar-refractivity contribution in [3.05, 3.63) is 0 Å². The van der Waals surface area contributed by atoms with Crippen molar-refractivity contribution in [3.63, 3.8) is 0 Å². The van der Waals surface area contributed by atoms with E-state index in [2.05, 4.69) is 13.8 Å². The molecule has 1 atom stereocenters. The van der Waals surface area contributed by atoms with E-state index in [0.29, 0.717) is 19.3 Å². The molecule has 0 bridgehead atoms. The minimum atomic E-state index is -0.803. The van der Waals surface area contributed by atoms with Crippen LogP contribution in [0.1, 0.15) is 104 Å². The number of rotatable bonds is 16. The van der Waals surface area contributed by atoms with Crippen molar-refractivity contribution in [1.29, 1.82) is 0 Å². The zero-order chi connectivity index (χ0) is 17.3. The van der Waals surface area contributed by atoms with Crippen LogP contribution in [0.5, 0.6) is 0 Å². The summed E-state index contributed by atoms with van der Waals surface area (Å²) in [6, 6.07) is 0. The number of hydrogen-bond donors (Lipinski definition) is 1. The Labute approximate surface area is 142 Å². The normalized spacial score (nSPS) is 12.1. The predicted octanol–water partition coefficient (Wildman–Crippen LogP) is 5.48. The number of unbranched alkanes of at least 4 members (excludes halogenated alkanes) is 7. The molecule has 1 unspecified atom stereocenters. The lowest BCUT2D eigenvalue weighted by Crippen LogP contribution is -2.18. The first kappa shape index (κ1) is 21.9. The number of ether oxygens (including phenoxy) is 1. The second kappa shape index (κ2) is 15.8. The van der Waals surface area contributed by atoms with Gasteiger partial charge < -0.3 is 9.84 Å². The molecule has 0 saturated heterocycles. The van der Waals surface area contributed by atoms with E-state index in [9.17, 15) is 9.59 Å². The summed E-state index contributed by atoms with van der Waals surface area (Å²) in [6.45, 7) is 4.38. The van der Waals surface area contributed by atoms with Crippen molar-refractivity contribution in [2.45, 2.75) is 110 Å². The lowest BCUT2D eigenvalue weighted by atomic mass is 10.0. The summed E-state index contributed by atoms with van der Waals surface area (Å²) >= 11 is 0. The fourth-order valence-electron chi connectivity index (χ4n) is 2.65. The molecule has 0 saturated carbocycles. The van der Waals surface area contributed by atoms with E-state index in [1.54, 1.807) is 0 Å². The van der Waals surface area contributed by atoms with Gasteiger partial charge in [0.25, 0.3) is 0 Å². The number of hydrogen-bond acceptors (Lipinski definition) is 3. The molecule has 1 N–H and O–H groups in total. The maximum atomic E-state index is 11.9. The molecule has 0 spiro atoms. The van der Waals surface area contributed by atoms with Crippen LogP contribution in [0, 0.1) is 0 Å². The van der Waals surface area contributed by atoms with Crippen molar-refractivity contribution in [2.75, 3.05) is 0 Å². The van der Waals surface area contributed by atoms with Crippen LogP contribution in [0.4, 0.5) is 0 Å². The molecule has 0 aromatic carbocycles. The van der Waals surface area contributed by atoms with Crippen LogP contribution in [-0.2, 0) is 14.3 Å². The van der Waals surface area contributed by atoms with Crippen LogP contribution in [0.2, 0.25) is 0 Å². The van der Waals surface area contributed by atoms with Gasteiger partial charge in [-0.05, 0) is 38.5 Å². The molecule has 0 amide bonds. The molecular formula is C19H36O4. The number of carboxylic acids is 1. The quantitative estimate of drug-likeness (QED) is 0.301. The second-order valence-electron chi connectivity index (χ2n) is 6.41. The van der Waals surface area contributed by atoms with Crippen LogP contribution in [0.25, 0.3) is 0 Å². The Hall–Kier alpha value is -1.06. The summed E-state index contributed by atoms with van der Waals surface area (Å²) in [5.74, 6) is -0.965. The lowest BCUT2D eigenvalue weighted by molar-refractivity contribution is -0.150. The van der Waals surface area contributed by atoms with Gasteiger partial charge in [-0.2, -0.15) is 0 Å². The van der Waals surface area contributed by atoms with Crippen LogP contribution < -0.4 is 0 Å². The first-order valence-corrected chi connectivity index (χ1v) is 9.51. The van der Waals surface area contributed by atoms with E-state index in [0.717, 1.165) is 25.7 Å². The van der Waals surface area contributed by atoms with E-state index >= 15 is 0 Å². The van der Waals surface area contributed by atoms with Crippen molar-refractivity contribution in [3.8, 4) is 0 Å². The maximum Gasteiger partial charge on any atom is 0.306 e. The van der Waals surface area contributed by atoms with E-state index in [1.165, 1.54) is 38.5 Å². The number of esters is 1. The zero-order valence-electron chi connectivity index (χ0n) is 15.1. The number of carboxylic acid groups (broad SMARTS) is 1. The first-order valence-electron chi connectivity index (χ1n) is 9.51. The lowest BCUT2D eigenvalue weighted by Gasteiger charge is -2.18. The summed E-state index contributed by atoms with van der Waals surface area (Å²) in [5, 5.41) is 8.59. The molecule has 0 aliphatic heterocycles. The Morgan fingerprint density at radius 2 is 1.30 bits per heavy atom. The van der Waals surface area contributed by atoms with Crippen molar-refractivity contribution >= 4 is 11.9 Å². The third kappa shape index (κ3) is 15.6. The largest absolute Gasteiger partial charge is 0.481 e. The average molecular weight is 328 g/mol. The smallest absolute Gasteiger partial charge is 0.306 e. The fraction of sp³-hybridized carbons (Fsp3) is 0.895. The van der Waals surface area contributed by atoms with Crippen LogP contribution in [0.3, 0.4) is 0 Å².